The molecule has 0 aliphatic carbocycles. The van der Waals surface area contributed by atoms with E-state index >= 15 is 0 Å². The van der Waals surface area contributed by atoms with Crippen LogP contribution in [-0.2, 0) is 22.6 Å². The van der Waals surface area contributed by atoms with Gasteiger partial charge in [-0.2, -0.15) is 0 Å². The maximum Gasteiger partial charge on any atom is 0.322 e. The lowest BCUT2D eigenvalue weighted by Gasteiger charge is -2.43. The van der Waals surface area contributed by atoms with Gasteiger partial charge in [-0.3, -0.25) is 19.5 Å². The number of rotatable bonds is 7. The van der Waals surface area contributed by atoms with Gasteiger partial charge >= 0.3 is 6.03 Å². The summed E-state index contributed by atoms with van der Waals surface area (Å²) in [4.78, 5) is 56.0. The van der Waals surface area contributed by atoms with Crippen molar-refractivity contribution in [1.29, 1.82) is 0 Å². The quantitative estimate of drug-likeness (QED) is 0.420. The normalized spacial score (nSPS) is 21.0. The lowest BCUT2D eigenvalue weighted by molar-refractivity contribution is -0.143. The molecule has 3 aromatic rings. The predicted molar refractivity (Wildman–Crippen MR) is 183 cm³/mol. The van der Waals surface area contributed by atoms with Gasteiger partial charge in [-0.05, 0) is 67.1 Å². The fourth-order valence-electron chi connectivity index (χ4n) is 8.06. The SMILES string of the molecule is CN1CCN(C2CCN(C(=O)[C@@H](CC(=O)N3CCC(N4Cc5ccncc5NC4=O)CC3)Cc3cccc4ccccc34)CC2)CC1. The number of anilines is 1. The second-order valence-corrected chi connectivity index (χ2v) is 13.8. The zero-order chi connectivity index (χ0) is 32.3. The minimum absolute atomic E-state index is 0.0360. The number of carbonyl (C=O) groups is 3. The van der Waals surface area contributed by atoms with Crippen LogP contribution in [0.4, 0.5) is 10.5 Å². The topological polar surface area (TPSA) is 92.3 Å². The molecule has 2 aromatic carbocycles. The second kappa shape index (κ2) is 14.0. The number of fused-ring (bicyclic) bond motifs is 2. The van der Waals surface area contributed by atoms with Crippen LogP contribution >= 0.6 is 0 Å². The van der Waals surface area contributed by atoms with E-state index in [4.69, 9.17) is 0 Å². The van der Waals surface area contributed by atoms with E-state index in [-0.39, 0.29) is 30.3 Å². The van der Waals surface area contributed by atoms with Crippen LogP contribution in [0.2, 0.25) is 0 Å². The number of nitrogens with one attached hydrogen (secondary N) is 1. The molecule has 0 bridgehead atoms. The molecule has 1 atom stereocenters. The first-order valence-electron chi connectivity index (χ1n) is 17.4. The van der Waals surface area contributed by atoms with Gasteiger partial charge < -0.3 is 24.9 Å². The largest absolute Gasteiger partial charge is 0.343 e. The maximum atomic E-state index is 14.3. The molecule has 10 nitrogen and oxygen atoms in total. The van der Waals surface area contributed by atoms with Gasteiger partial charge in [0.25, 0.3) is 0 Å². The fourth-order valence-corrected chi connectivity index (χ4v) is 8.06. The number of hydrogen-bond acceptors (Lipinski definition) is 6. The van der Waals surface area contributed by atoms with E-state index in [0.717, 1.165) is 92.5 Å². The zero-order valence-electron chi connectivity index (χ0n) is 27.5. The van der Waals surface area contributed by atoms with Crippen LogP contribution in [0.15, 0.2) is 60.9 Å². The highest BCUT2D eigenvalue weighted by Gasteiger charge is 2.36. The third-order valence-electron chi connectivity index (χ3n) is 11.0. The van der Waals surface area contributed by atoms with Gasteiger partial charge in [0.2, 0.25) is 11.8 Å². The van der Waals surface area contributed by atoms with Crippen LogP contribution in [0.5, 0.6) is 0 Å². The number of carbonyl (C=O) groups excluding carboxylic acids is 3. The number of urea groups is 1. The number of likely N-dealkylation sites (tertiary alicyclic amines) is 2. The molecule has 4 amide bonds. The first-order chi connectivity index (χ1) is 22.9. The molecule has 1 N–H and O–H groups in total. The van der Waals surface area contributed by atoms with Crippen molar-refractivity contribution in [1.82, 2.24) is 29.5 Å². The van der Waals surface area contributed by atoms with Crippen LogP contribution in [-0.4, -0.2) is 119 Å². The Kier molecular flexibility index (Phi) is 9.40. The number of nitrogens with zero attached hydrogens (tertiary/aromatic N) is 6. The van der Waals surface area contributed by atoms with Crippen LogP contribution in [0.1, 0.15) is 43.2 Å². The molecule has 4 aliphatic heterocycles. The number of hydrogen-bond donors (Lipinski definition) is 1. The summed E-state index contributed by atoms with van der Waals surface area (Å²) in [7, 11) is 2.18. The third kappa shape index (κ3) is 6.99. The Hall–Kier alpha value is -4.02. The van der Waals surface area contributed by atoms with Crippen molar-refractivity contribution in [3.05, 3.63) is 72.1 Å². The lowest BCUT2D eigenvalue weighted by atomic mass is 9.90. The third-order valence-corrected chi connectivity index (χ3v) is 11.0. The number of aromatic nitrogens is 1. The van der Waals surface area contributed by atoms with Gasteiger partial charge in [-0.25, -0.2) is 4.79 Å². The Morgan fingerprint density at radius 1 is 0.851 bits per heavy atom. The molecule has 3 saturated heterocycles. The van der Waals surface area contributed by atoms with Crippen molar-refractivity contribution in [3.63, 3.8) is 0 Å². The highest BCUT2D eigenvalue weighted by Crippen LogP contribution is 2.29. The Balaban J connectivity index is 1.01. The molecule has 0 saturated carbocycles. The van der Waals surface area contributed by atoms with E-state index in [9.17, 15) is 14.4 Å². The van der Waals surface area contributed by atoms with Crippen molar-refractivity contribution < 1.29 is 14.4 Å². The summed E-state index contributed by atoms with van der Waals surface area (Å²) < 4.78 is 0. The minimum atomic E-state index is -0.413. The van der Waals surface area contributed by atoms with E-state index in [1.165, 1.54) is 0 Å². The van der Waals surface area contributed by atoms with Crippen molar-refractivity contribution in [2.45, 2.75) is 57.2 Å². The van der Waals surface area contributed by atoms with E-state index in [1.807, 2.05) is 32.9 Å². The molecule has 0 radical (unpaired) electrons. The Morgan fingerprint density at radius 3 is 2.34 bits per heavy atom. The lowest BCUT2D eigenvalue weighted by Crippen LogP contribution is -2.54. The van der Waals surface area contributed by atoms with E-state index in [1.54, 1.807) is 12.4 Å². The van der Waals surface area contributed by atoms with Gasteiger partial charge in [0.05, 0.1) is 17.8 Å². The van der Waals surface area contributed by atoms with Crippen LogP contribution < -0.4 is 5.32 Å². The molecule has 10 heteroatoms. The summed E-state index contributed by atoms with van der Waals surface area (Å²) in [5.74, 6) is -0.269. The van der Waals surface area contributed by atoms with Crippen molar-refractivity contribution in [3.8, 4) is 0 Å². The van der Waals surface area contributed by atoms with E-state index < -0.39 is 5.92 Å². The molecule has 47 heavy (non-hydrogen) atoms. The smallest absolute Gasteiger partial charge is 0.322 e. The monoisotopic (exact) mass is 637 g/mol. The molecule has 3 fully saturated rings. The molecule has 248 valence electrons. The summed E-state index contributed by atoms with van der Waals surface area (Å²) in [5, 5.41) is 5.26. The highest BCUT2D eigenvalue weighted by atomic mass is 16.2. The number of benzene rings is 2. The highest BCUT2D eigenvalue weighted by molar-refractivity contribution is 5.92. The zero-order valence-corrected chi connectivity index (χ0v) is 27.5. The number of likely N-dealkylation sites (N-methyl/N-ethyl adjacent to an activating group) is 1. The minimum Gasteiger partial charge on any atom is -0.343 e. The molecule has 0 spiro atoms. The van der Waals surface area contributed by atoms with Gasteiger partial charge in [0.15, 0.2) is 0 Å². The van der Waals surface area contributed by atoms with Crippen LogP contribution in [0.3, 0.4) is 0 Å². The molecular formula is C37H47N7O3. The van der Waals surface area contributed by atoms with E-state index in [2.05, 4.69) is 57.5 Å². The molecule has 5 heterocycles. The summed E-state index contributed by atoms with van der Waals surface area (Å²) in [6.45, 7) is 7.61. The first-order valence-corrected chi connectivity index (χ1v) is 17.4. The first kappa shape index (κ1) is 31.6. The van der Waals surface area contributed by atoms with Gasteiger partial charge in [-0.1, -0.05) is 42.5 Å². The van der Waals surface area contributed by atoms with E-state index in [0.29, 0.717) is 32.1 Å². The van der Waals surface area contributed by atoms with Gasteiger partial charge in [0.1, 0.15) is 0 Å². The Labute approximate surface area is 277 Å². The predicted octanol–water partition coefficient (Wildman–Crippen LogP) is 4.06. The van der Waals surface area contributed by atoms with Crippen molar-refractivity contribution in [2.24, 2.45) is 5.92 Å². The average molecular weight is 638 g/mol. The van der Waals surface area contributed by atoms with Crippen molar-refractivity contribution >= 4 is 34.3 Å². The van der Waals surface area contributed by atoms with Gasteiger partial charge in [0, 0.05) is 83.6 Å². The molecule has 7 rings (SSSR count). The number of amides is 4. The number of piperidine rings is 2. The van der Waals surface area contributed by atoms with Crippen LogP contribution in [0, 0.1) is 5.92 Å². The summed E-state index contributed by atoms with van der Waals surface area (Å²) in [6, 6.07) is 17.0. The van der Waals surface area contributed by atoms with Crippen molar-refractivity contribution in [2.75, 3.05) is 64.7 Å². The average Bonchev–Trinajstić information content (AvgIpc) is 3.11. The maximum absolute atomic E-state index is 14.3. The molecule has 0 unspecified atom stereocenters. The van der Waals surface area contributed by atoms with Crippen LogP contribution in [0.25, 0.3) is 10.8 Å². The Morgan fingerprint density at radius 2 is 1.55 bits per heavy atom. The number of piperazine rings is 1. The summed E-state index contributed by atoms with van der Waals surface area (Å²) in [6.07, 6.45) is 7.62. The summed E-state index contributed by atoms with van der Waals surface area (Å²) in [5.41, 5.74) is 2.94. The molecular weight excluding hydrogens is 590 g/mol. The Bertz CT molecular complexity index is 1580. The van der Waals surface area contributed by atoms with Gasteiger partial charge in [-0.15, -0.1) is 0 Å². The fraction of sp³-hybridized carbons (Fsp3) is 0.514. The number of pyridine rings is 1. The second-order valence-electron chi connectivity index (χ2n) is 13.8. The summed E-state index contributed by atoms with van der Waals surface area (Å²) >= 11 is 0. The molecule has 1 aromatic heterocycles. The molecule has 4 aliphatic rings. The standard InChI is InChI=1S/C37H47N7O3/c1-40-19-21-41(22-20-40)31-10-17-43(18-11-31)36(46)30(23-28-7-4-6-27-5-2-3-8-33(27)28)24-35(45)42-15-12-32(13-16-42)44-26-29-9-14-38-25-34(29)39-37(44)47/h2-9,14,25,30-32H,10-13,15-24,26H2,1H3,(H,39,47)/t30-/m1/s1.